The van der Waals surface area contributed by atoms with Gasteiger partial charge in [0.05, 0.1) is 18.9 Å². The second-order valence-corrected chi connectivity index (χ2v) is 8.58. The standard InChI is InChI=1S/C21H23F3N2O4S/c1-4-9-30-19-12-16(22)7-5-14(19)6-8-20(27)25-13(2)15-10-17(23)21(18(24)11-15)26-31(3,28)29/h5-8,10-13,26H,4,9H2,1-3H3,(H,25,27)/t13-/m1/s1. The molecular formula is C21H23F3N2O4S. The molecule has 1 atom stereocenters. The quantitative estimate of drug-likeness (QED) is 0.555. The Morgan fingerprint density at radius 1 is 1.16 bits per heavy atom. The van der Waals surface area contributed by atoms with Crippen LogP contribution in [0.2, 0.25) is 0 Å². The number of benzene rings is 2. The molecule has 0 saturated carbocycles. The Morgan fingerprint density at radius 2 is 1.81 bits per heavy atom. The molecule has 0 aliphatic carbocycles. The van der Waals surface area contributed by atoms with Gasteiger partial charge in [-0.3, -0.25) is 9.52 Å². The van der Waals surface area contributed by atoms with Crippen LogP contribution in [0.4, 0.5) is 18.9 Å². The number of rotatable bonds is 9. The predicted octanol–water partition coefficient (Wildman–Crippen LogP) is 4.15. The van der Waals surface area contributed by atoms with E-state index in [0.717, 1.165) is 24.8 Å². The van der Waals surface area contributed by atoms with E-state index in [1.165, 1.54) is 37.3 Å². The van der Waals surface area contributed by atoms with E-state index in [4.69, 9.17) is 4.74 Å². The second-order valence-electron chi connectivity index (χ2n) is 6.83. The highest BCUT2D eigenvalue weighted by Crippen LogP contribution is 2.25. The predicted molar refractivity (Wildman–Crippen MR) is 113 cm³/mol. The van der Waals surface area contributed by atoms with Gasteiger partial charge in [0.25, 0.3) is 0 Å². The van der Waals surface area contributed by atoms with Gasteiger partial charge in [-0.2, -0.15) is 0 Å². The van der Waals surface area contributed by atoms with Gasteiger partial charge in [0, 0.05) is 17.7 Å². The summed E-state index contributed by atoms with van der Waals surface area (Å²) >= 11 is 0. The number of anilines is 1. The number of amides is 1. The average molecular weight is 456 g/mol. The maximum Gasteiger partial charge on any atom is 0.244 e. The number of hydrogen-bond acceptors (Lipinski definition) is 4. The Morgan fingerprint density at radius 3 is 2.39 bits per heavy atom. The molecule has 0 aliphatic rings. The highest BCUT2D eigenvalue weighted by molar-refractivity contribution is 7.92. The number of carbonyl (C=O) groups excluding carboxylic acids is 1. The lowest BCUT2D eigenvalue weighted by atomic mass is 10.1. The van der Waals surface area contributed by atoms with Gasteiger partial charge in [-0.15, -0.1) is 0 Å². The Labute approximate surface area is 179 Å². The summed E-state index contributed by atoms with van der Waals surface area (Å²) in [5.74, 6) is -2.96. The fraction of sp³-hybridized carbons (Fsp3) is 0.286. The zero-order valence-electron chi connectivity index (χ0n) is 17.2. The van der Waals surface area contributed by atoms with Crippen molar-refractivity contribution in [1.82, 2.24) is 5.32 Å². The molecule has 2 rings (SSSR count). The van der Waals surface area contributed by atoms with Gasteiger partial charge >= 0.3 is 0 Å². The van der Waals surface area contributed by atoms with E-state index in [-0.39, 0.29) is 11.3 Å². The Balaban J connectivity index is 2.13. The number of hydrogen-bond donors (Lipinski definition) is 2. The van der Waals surface area contributed by atoms with Crippen LogP contribution in [0.15, 0.2) is 36.4 Å². The molecule has 0 aromatic heterocycles. The SMILES string of the molecule is CCCOc1cc(F)ccc1C=CC(=O)N[C@H](C)c1cc(F)c(NS(C)(=O)=O)c(F)c1. The molecule has 168 valence electrons. The van der Waals surface area contributed by atoms with Gasteiger partial charge in [0.2, 0.25) is 15.9 Å². The maximum absolute atomic E-state index is 14.1. The summed E-state index contributed by atoms with van der Waals surface area (Å²) in [5.41, 5.74) is -0.198. The first-order valence-corrected chi connectivity index (χ1v) is 11.3. The number of sulfonamides is 1. The lowest BCUT2D eigenvalue weighted by Crippen LogP contribution is -2.25. The molecule has 0 saturated heterocycles. The molecule has 6 nitrogen and oxygen atoms in total. The molecule has 0 unspecified atom stereocenters. The van der Waals surface area contributed by atoms with Crippen molar-refractivity contribution in [3.05, 3.63) is 65.0 Å². The van der Waals surface area contributed by atoms with Crippen molar-refractivity contribution >= 4 is 27.7 Å². The van der Waals surface area contributed by atoms with Crippen molar-refractivity contribution < 1.29 is 31.1 Å². The second kappa shape index (κ2) is 10.3. The van der Waals surface area contributed by atoms with Crippen LogP contribution < -0.4 is 14.8 Å². The van der Waals surface area contributed by atoms with Crippen LogP contribution >= 0.6 is 0 Å². The van der Waals surface area contributed by atoms with Crippen LogP contribution in [0.1, 0.15) is 37.4 Å². The van der Waals surface area contributed by atoms with E-state index in [2.05, 4.69) is 5.32 Å². The number of nitrogens with one attached hydrogen (secondary N) is 2. The summed E-state index contributed by atoms with van der Waals surface area (Å²) in [5, 5.41) is 2.55. The molecule has 2 aromatic rings. The van der Waals surface area contributed by atoms with Gasteiger partial charge in [-0.25, -0.2) is 21.6 Å². The largest absolute Gasteiger partial charge is 0.493 e. The fourth-order valence-corrected chi connectivity index (χ4v) is 3.18. The summed E-state index contributed by atoms with van der Waals surface area (Å²) in [7, 11) is -3.86. The molecule has 2 N–H and O–H groups in total. The van der Waals surface area contributed by atoms with E-state index in [0.29, 0.717) is 12.2 Å². The summed E-state index contributed by atoms with van der Waals surface area (Å²) in [4.78, 5) is 12.2. The zero-order valence-corrected chi connectivity index (χ0v) is 18.0. The summed E-state index contributed by atoms with van der Waals surface area (Å²) in [6, 6.07) is 5.00. The van der Waals surface area contributed by atoms with Crippen LogP contribution in [0, 0.1) is 17.5 Å². The van der Waals surface area contributed by atoms with E-state index < -0.39 is 45.1 Å². The highest BCUT2D eigenvalue weighted by Gasteiger charge is 2.18. The van der Waals surface area contributed by atoms with E-state index in [9.17, 15) is 26.4 Å². The van der Waals surface area contributed by atoms with Crippen molar-refractivity contribution in [3.63, 3.8) is 0 Å². The minimum Gasteiger partial charge on any atom is -0.493 e. The summed E-state index contributed by atoms with van der Waals surface area (Å²) < 4.78 is 71.4. The summed E-state index contributed by atoms with van der Waals surface area (Å²) in [6.07, 6.45) is 4.12. The molecule has 10 heteroatoms. The molecule has 0 spiro atoms. The lowest BCUT2D eigenvalue weighted by molar-refractivity contribution is -0.117. The first-order valence-electron chi connectivity index (χ1n) is 9.37. The summed E-state index contributed by atoms with van der Waals surface area (Å²) in [6.45, 7) is 3.80. The van der Waals surface area contributed by atoms with Crippen LogP contribution in [0.25, 0.3) is 6.08 Å². The third-order valence-electron chi connectivity index (χ3n) is 4.06. The first-order chi connectivity index (χ1) is 14.5. The van der Waals surface area contributed by atoms with Crippen LogP contribution in [0.3, 0.4) is 0 Å². The lowest BCUT2D eigenvalue weighted by Gasteiger charge is -2.15. The Bertz CT molecular complexity index is 1070. The minimum atomic E-state index is -3.86. The number of carbonyl (C=O) groups is 1. The number of ether oxygens (including phenoxy) is 1. The van der Waals surface area contributed by atoms with Gasteiger partial charge in [0.1, 0.15) is 17.3 Å². The normalized spacial score (nSPS) is 12.6. The molecule has 0 aliphatic heterocycles. The molecule has 0 bridgehead atoms. The van der Waals surface area contributed by atoms with Crippen LogP contribution in [-0.2, 0) is 14.8 Å². The zero-order chi connectivity index (χ0) is 23.2. The Hall–Kier alpha value is -3.01. The molecule has 2 aromatic carbocycles. The van der Waals surface area contributed by atoms with Gasteiger partial charge in [-0.05, 0) is 49.2 Å². The Kier molecular flexibility index (Phi) is 8.09. The van der Waals surface area contributed by atoms with Crippen molar-refractivity contribution in [2.24, 2.45) is 0 Å². The molecule has 0 fully saturated rings. The molecule has 31 heavy (non-hydrogen) atoms. The van der Waals surface area contributed by atoms with Gasteiger partial charge in [-0.1, -0.05) is 6.92 Å². The van der Waals surface area contributed by atoms with Crippen LogP contribution in [-0.4, -0.2) is 27.2 Å². The van der Waals surface area contributed by atoms with Crippen molar-refractivity contribution in [2.45, 2.75) is 26.3 Å². The fourth-order valence-electron chi connectivity index (χ4n) is 2.62. The molecule has 1 amide bonds. The third-order valence-corrected chi connectivity index (χ3v) is 4.64. The van der Waals surface area contributed by atoms with Crippen molar-refractivity contribution in [3.8, 4) is 5.75 Å². The van der Waals surface area contributed by atoms with Crippen molar-refractivity contribution in [2.75, 3.05) is 17.6 Å². The van der Waals surface area contributed by atoms with E-state index in [1.807, 2.05) is 6.92 Å². The third kappa shape index (κ3) is 7.32. The maximum atomic E-state index is 14.1. The smallest absolute Gasteiger partial charge is 0.244 e. The highest BCUT2D eigenvalue weighted by atomic mass is 32.2. The van der Waals surface area contributed by atoms with Crippen LogP contribution in [0.5, 0.6) is 5.75 Å². The monoisotopic (exact) mass is 456 g/mol. The topological polar surface area (TPSA) is 84.5 Å². The molecule has 0 radical (unpaired) electrons. The van der Waals surface area contributed by atoms with Crippen molar-refractivity contribution in [1.29, 1.82) is 0 Å². The minimum absolute atomic E-state index is 0.101. The molecular weight excluding hydrogens is 433 g/mol. The van der Waals surface area contributed by atoms with E-state index in [1.54, 1.807) is 4.72 Å². The molecule has 0 heterocycles. The van der Waals surface area contributed by atoms with Gasteiger partial charge < -0.3 is 10.1 Å². The van der Waals surface area contributed by atoms with Gasteiger partial charge in [0.15, 0.2) is 11.6 Å². The first kappa shape index (κ1) is 24.3. The average Bonchev–Trinajstić information content (AvgIpc) is 2.67. The number of halogens is 3. The van der Waals surface area contributed by atoms with E-state index >= 15 is 0 Å².